The molecule has 0 bridgehead atoms. The number of hydrogen-bond donors (Lipinski definition) is 1. The molecule has 0 radical (unpaired) electrons. The summed E-state index contributed by atoms with van der Waals surface area (Å²) in [6, 6.07) is 11.8. The number of nitrogens with one attached hydrogen (secondary N) is 1. The second-order valence-electron chi connectivity index (χ2n) is 6.71. The van der Waals surface area contributed by atoms with Crippen LogP contribution in [0.5, 0.6) is 0 Å². The minimum absolute atomic E-state index is 0.0722. The van der Waals surface area contributed by atoms with Crippen molar-refractivity contribution in [1.29, 1.82) is 0 Å². The summed E-state index contributed by atoms with van der Waals surface area (Å²) in [6.45, 7) is 7.94. The summed E-state index contributed by atoms with van der Waals surface area (Å²) in [5.74, 6) is -1.15. The smallest absolute Gasteiger partial charge is 0.242 e. The average molecular weight is 412 g/mol. The number of aryl methyl sites for hydroxylation is 2. The van der Waals surface area contributed by atoms with Crippen molar-refractivity contribution >= 4 is 40.1 Å². The van der Waals surface area contributed by atoms with E-state index in [1.807, 2.05) is 32.0 Å². The molecule has 0 aromatic heterocycles. The Bertz CT molecular complexity index is 970. The molecule has 3 rings (SSSR count). The van der Waals surface area contributed by atoms with E-state index in [1.54, 1.807) is 18.2 Å². The molecule has 29 heavy (non-hydrogen) atoms. The van der Waals surface area contributed by atoms with Crippen LogP contribution >= 0.6 is 11.8 Å². The second-order valence-corrected chi connectivity index (χ2v) is 7.88. The lowest BCUT2D eigenvalue weighted by Crippen LogP contribution is -2.33. The van der Waals surface area contributed by atoms with Gasteiger partial charge in [0.05, 0.1) is 11.4 Å². The number of amides is 2. The van der Waals surface area contributed by atoms with Gasteiger partial charge in [-0.05, 0) is 37.1 Å². The van der Waals surface area contributed by atoms with Crippen LogP contribution in [0.3, 0.4) is 0 Å². The first-order valence-electron chi connectivity index (χ1n) is 9.19. The molecule has 0 saturated carbocycles. The van der Waals surface area contributed by atoms with Crippen molar-refractivity contribution in [3.63, 3.8) is 0 Å². The molecule has 1 saturated heterocycles. The van der Waals surface area contributed by atoms with E-state index in [1.165, 1.54) is 28.8 Å². The maximum atomic E-state index is 13.8. The molecule has 5 nitrogen and oxygen atoms in total. The highest BCUT2D eigenvalue weighted by Crippen LogP contribution is 2.33. The predicted octanol–water partition coefficient (Wildman–Crippen LogP) is 4.59. The van der Waals surface area contributed by atoms with Crippen LogP contribution in [-0.2, 0) is 9.59 Å². The monoisotopic (exact) mass is 411 g/mol. The van der Waals surface area contributed by atoms with E-state index >= 15 is 0 Å². The van der Waals surface area contributed by atoms with Crippen molar-refractivity contribution in [2.24, 2.45) is 4.99 Å². The number of benzene rings is 2. The number of amidine groups is 1. The number of para-hydroxylation sites is 2. The molecule has 0 unspecified atom stereocenters. The lowest BCUT2D eigenvalue weighted by atomic mass is 10.1. The van der Waals surface area contributed by atoms with Gasteiger partial charge in [0, 0.05) is 13.0 Å². The fourth-order valence-corrected chi connectivity index (χ4v) is 4.19. The third-order valence-electron chi connectivity index (χ3n) is 4.50. The number of anilines is 1. The molecule has 0 spiro atoms. The fourth-order valence-electron chi connectivity index (χ4n) is 3.03. The molecule has 1 aliphatic rings. The van der Waals surface area contributed by atoms with E-state index in [2.05, 4.69) is 11.9 Å². The Hall–Kier alpha value is -2.93. The van der Waals surface area contributed by atoms with E-state index in [0.717, 1.165) is 16.8 Å². The Balaban J connectivity index is 1.80. The Labute approximate surface area is 173 Å². The summed E-state index contributed by atoms with van der Waals surface area (Å²) in [7, 11) is 0. The molecular formula is C22H22FN3O2S. The Morgan fingerprint density at radius 1 is 1.24 bits per heavy atom. The van der Waals surface area contributed by atoms with Crippen LogP contribution in [-0.4, -0.2) is 33.7 Å². The van der Waals surface area contributed by atoms with Crippen LogP contribution < -0.4 is 5.32 Å². The van der Waals surface area contributed by atoms with Gasteiger partial charge in [0.25, 0.3) is 0 Å². The molecular weight excluding hydrogens is 389 g/mol. The molecule has 7 heteroatoms. The highest BCUT2D eigenvalue weighted by Gasteiger charge is 2.38. The Kier molecular flexibility index (Phi) is 6.49. The first kappa shape index (κ1) is 20.8. The Morgan fingerprint density at radius 3 is 2.59 bits per heavy atom. The minimum atomic E-state index is -0.621. The lowest BCUT2D eigenvalue weighted by Gasteiger charge is -2.14. The largest absolute Gasteiger partial charge is 0.324 e. The summed E-state index contributed by atoms with van der Waals surface area (Å²) >= 11 is 1.25. The minimum Gasteiger partial charge on any atom is -0.324 e. The standard InChI is InChI=1S/C22H22FN3O2S/c1-4-12-26-21(28)18(13-19(27)24-17-11-6-5-10-16(17)23)29-22(26)25-20-14(2)8-7-9-15(20)3/h4-11,18H,1,12-13H2,2-3H3,(H,24,27)/t18-/m1/s1. The number of carbonyl (C=O) groups is 2. The molecule has 0 aliphatic carbocycles. The zero-order valence-electron chi connectivity index (χ0n) is 16.3. The van der Waals surface area contributed by atoms with Gasteiger partial charge in [-0.15, -0.1) is 6.58 Å². The molecule has 2 aromatic carbocycles. The van der Waals surface area contributed by atoms with Gasteiger partial charge >= 0.3 is 0 Å². The number of carbonyl (C=O) groups excluding carboxylic acids is 2. The van der Waals surface area contributed by atoms with Crippen LogP contribution in [0.25, 0.3) is 0 Å². The van der Waals surface area contributed by atoms with Crippen LogP contribution in [0.4, 0.5) is 15.8 Å². The van der Waals surface area contributed by atoms with Crippen molar-refractivity contribution in [1.82, 2.24) is 4.90 Å². The van der Waals surface area contributed by atoms with Gasteiger partial charge in [0.2, 0.25) is 11.8 Å². The van der Waals surface area contributed by atoms with Crippen molar-refractivity contribution in [3.8, 4) is 0 Å². The van der Waals surface area contributed by atoms with Gasteiger partial charge in [0.1, 0.15) is 11.1 Å². The van der Waals surface area contributed by atoms with Crippen molar-refractivity contribution < 1.29 is 14.0 Å². The van der Waals surface area contributed by atoms with E-state index < -0.39 is 17.0 Å². The third kappa shape index (κ3) is 4.74. The van der Waals surface area contributed by atoms with Crippen molar-refractivity contribution in [2.45, 2.75) is 25.5 Å². The second kappa shape index (κ2) is 9.05. The van der Waals surface area contributed by atoms with Gasteiger partial charge in [-0.3, -0.25) is 14.5 Å². The zero-order chi connectivity index (χ0) is 21.0. The van der Waals surface area contributed by atoms with Gasteiger partial charge < -0.3 is 5.32 Å². The third-order valence-corrected chi connectivity index (χ3v) is 5.67. The summed E-state index contributed by atoms with van der Waals surface area (Å²) in [5, 5.41) is 2.45. The number of thioether (sulfide) groups is 1. The van der Waals surface area contributed by atoms with Crippen LogP contribution in [0.1, 0.15) is 17.5 Å². The molecule has 1 atom stereocenters. The predicted molar refractivity (Wildman–Crippen MR) is 116 cm³/mol. The molecule has 2 aromatic rings. The normalized spacial score (nSPS) is 17.6. The number of aliphatic imine (C=N–C) groups is 1. The molecule has 1 aliphatic heterocycles. The summed E-state index contributed by atoms with van der Waals surface area (Å²) in [4.78, 5) is 31.5. The highest BCUT2D eigenvalue weighted by molar-refractivity contribution is 8.15. The maximum absolute atomic E-state index is 13.8. The molecule has 1 N–H and O–H groups in total. The van der Waals surface area contributed by atoms with Gasteiger partial charge in [-0.25, -0.2) is 9.38 Å². The van der Waals surface area contributed by atoms with E-state index in [-0.39, 0.29) is 18.0 Å². The van der Waals surface area contributed by atoms with E-state index in [4.69, 9.17) is 4.99 Å². The fraction of sp³-hybridized carbons (Fsp3) is 0.227. The van der Waals surface area contributed by atoms with Gasteiger partial charge in [0.15, 0.2) is 5.17 Å². The van der Waals surface area contributed by atoms with E-state index in [0.29, 0.717) is 11.7 Å². The average Bonchev–Trinajstić information content (AvgIpc) is 2.96. The highest BCUT2D eigenvalue weighted by atomic mass is 32.2. The summed E-state index contributed by atoms with van der Waals surface area (Å²) < 4.78 is 13.8. The van der Waals surface area contributed by atoms with Gasteiger partial charge in [-0.1, -0.05) is 48.2 Å². The maximum Gasteiger partial charge on any atom is 0.242 e. The van der Waals surface area contributed by atoms with Crippen LogP contribution in [0.2, 0.25) is 0 Å². The number of hydrogen-bond acceptors (Lipinski definition) is 4. The molecule has 2 amide bonds. The first-order valence-corrected chi connectivity index (χ1v) is 10.1. The van der Waals surface area contributed by atoms with Crippen molar-refractivity contribution in [2.75, 3.05) is 11.9 Å². The number of halogens is 1. The Morgan fingerprint density at radius 2 is 1.93 bits per heavy atom. The quantitative estimate of drug-likeness (QED) is 0.708. The van der Waals surface area contributed by atoms with E-state index in [9.17, 15) is 14.0 Å². The number of nitrogens with zero attached hydrogens (tertiary/aromatic N) is 2. The zero-order valence-corrected chi connectivity index (χ0v) is 17.1. The van der Waals surface area contributed by atoms with Crippen LogP contribution in [0.15, 0.2) is 60.1 Å². The summed E-state index contributed by atoms with van der Waals surface area (Å²) in [5.41, 5.74) is 2.92. The van der Waals surface area contributed by atoms with Crippen LogP contribution in [0, 0.1) is 19.7 Å². The SMILES string of the molecule is C=CCN1C(=O)[C@@H](CC(=O)Nc2ccccc2F)SC1=Nc1c(C)cccc1C. The number of rotatable bonds is 6. The first-order chi connectivity index (χ1) is 13.9. The van der Waals surface area contributed by atoms with Gasteiger partial charge in [-0.2, -0.15) is 0 Å². The molecule has 150 valence electrons. The summed E-state index contributed by atoms with van der Waals surface area (Å²) in [6.07, 6.45) is 1.55. The molecule has 1 fully saturated rings. The molecule has 1 heterocycles. The topological polar surface area (TPSA) is 61.8 Å². The van der Waals surface area contributed by atoms with Crippen molar-refractivity contribution in [3.05, 3.63) is 72.1 Å². The lowest BCUT2D eigenvalue weighted by molar-refractivity contribution is -0.127.